The van der Waals surface area contributed by atoms with Crippen molar-refractivity contribution in [2.24, 2.45) is 0 Å². The Labute approximate surface area is 160 Å². The van der Waals surface area contributed by atoms with Crippen LogP contribution in [0.3, 0.4) is 0 Å². The van der Waals surface area contributed by atoms with Crippen molar-refractivity contribution in [3.05, 3.63) is 94.6 Å². The summed E-state index contributed by atoms with van der Waals surface area (Å²) in [4.78, 5) is 29.2. The number of carboxylic acids is 2. The molecule has 0 unspecified atom stereocenters. The Hall–Kier alpha value is -4.42. The van der Waals surface area contributed by atoms with E-state index in [9.17, 15) is 9.59 Å². The van der Waals surface area contributed by atoms with Gasteiger partial charge in [-0.25, -0.2) is 19.6 Å². The highest BCUT2D eigenvalue weighted by Gasteiger charge is 2.03. The SMILES string of the molecule is O=C(O)c1ccc(C#Cc2ccc(C#Cc3ccc(C(=O)O)nc3)cc2)cn1. The second kappa shape index (κ2) is 8.31. The van der Waals surface area contributed by atoms with Crippen molar-refractivity contribution >= 4 is 11.9 Å². The van der Waals surface area contributed by atoms with Gasteiger partial charge in [0.25, 0.3) is 0 Å². The van der Waals surface area contributed by atoms with Gasteiger partial charge >= 0.3 is 11.9 Å². The van der Waals surface area contributed by atoms with Crippen molar-refractivity contribution in [3.8, 4) is 23.7 Å². The molecular weight excluding hydrogens is 356 g/mol. The van der Waals surface area contributed by atoms with Gasteiger partial charge in [-0.15, -0.1) is 0 Å². The standard InChI is InChI=1S/C22H12N2O4/c25-21(26)19-11-9-17(13-23-19)7-5-15-1-2-16(4-3-15)6-8-18-10-12-20(22(27)28)24-14-18/h1-4,9-14H,(H,25,26)(H,27,28). The maximum absolute atomic E-state index is 10.8. The molecule has 6 nitrogen and oxygen atoms in total. The third kappa shape index (κ3) is 4.81. The monoisotopic (exact) mass is 368 g/mol. The fourth-order valence-corrected chi connectivity index (χ4v) is 2.11. The van der Waals surface area contributed by atoms with E-state index in [2.05, 4.69) is 33.6 Å². The molecule has 1 aromatic carbocycles. The molecular formula is C22H12N2O4. The molecule has 0 atom stereocenters. The van der Waals surface area contributed by atoms with Crippen LogP contribution >= 0.6 is 0 Å². The average Bonchev–Trinajstić information content (AvgIpc) is 2.72. The molecule has 0 saturated heterocycles. The topological polar surface area (TPSA) is 100 Å². The molecule has 0 saturated carbocycles. The van der Waals surface area contributed by atoms with Gasteiger partial charge in [0.2, 0.25) is 0 Å². The maximum Gasteiger partial charge on any atom is 0.354 e. The van der Waals surface area contributed by atoms with Crippen molar-refractivity contribution in [1.29, 1.82) is 0 Å². The predicted octanol–water partition coefficient (Wildman–Crippen LogP) is 2.67. The van der Waals surface area contributed by atoms with Gasteiger partial charge in [0, 0.05) is 34.6 Å². The quantitative estimate of drug-likeness (QED) is 0.675. The van der Waals surface area contributed by atoms with Crippen molar-refractivity contribution in [2.45, 2.75) is 0 Å². The minimum absolute atomic E-state index is 0.0266. The zero-order valence-corrected chi connectivity index (χ0v) is 14.4. The molecule has 0 fully saturated rings. The molecule has 0 aliphatic carbocycles. The Bertz CT molecular complexity index is 1050. The van der Waals surface area contributed by atoms with Crippen LogP contribution in [0.5, 0.6) is 0 Å². The fourth-order valence-electron chi connectivity index (χ4n) is 2.11. The average molecular weight is 368 g/mol. The number of carboxylic acid groups (broad SMARTS) is 2. The van der Waals surface area contributed by atoms with E-state index >= 15 is 0 Å². The Kier molecular flexibility index (Phi) is 5.45. The van der Waals surface area contributed by atoms with Crippen LogP contribution in [0.25, 0.3) is 0 Å². The highest BCUT2D eigenvalue weighted by molar-refractivity contribution is 5.85. The number of hydrogen-bond acceptors (Lipinski definition) is 4. The van der Waals surface area contributed by atoms with Crippen molar-refractivity contribution < 1.29 is 19.8 Å². The summed E-state index contributed by atoms with van der Waals surface area (Å²) < 4.78 is 0. The van der Waals surface area contributed by atoms with E-state index in [1.807, 2.05) is 24.3 Å². The molecule has 0 amide bonds. The van der Waals surface area contributed by atoms with E-state index < -0.39 is 11.9 Å². The van der Waals surface area contributed by atoms with Gasteiger partial charge in [0.1, 0.15) is 11.4 Å². The summed E-state index contributed by atoms with van der Waals surface area (Å²) in [5.74, 6) is 9.64. The lowest BCUT2D eigenvalue weighted by Gasteiger charge is -1.94. The zero-order valence-electron chi connectivity index (χ0n) is 14.4. The van der Waals surface area contributed by atoms with Crippen LogP contribution in [-0.2, 0) is 0 Å². The van der Waals surface area contributed by atoms with Gasteiger partial charge in [-0.2, -0.15) is 0 Å². The molecule has 0 bridgehead atoms. The molecule has 28 heavy (non-hydrogen) atoms. The van der Waals surface area contributed by atoms with Crippen molar-refractivity contribution in [1.82, 2.24) is 9.97 Å². The molecule has 0 spiro atoms. The van der Waals surface area contributed by atoms with Crippen molar-refractivity contribution in [2.75, 3.05) is 0 Å². The van der Waals surface area contributed by atoms with Crippen LogP contribution in [-0.4, -0.2) is 32.1 Å². The van der Waals surface area contributed by atoms with Crippen LogP contribution in [0.4, 0.5) is 0 Å². The number of hydrogen-bond donors (Lipinski definition) is 2. The first kappa shape index (κ1) is 18.4. The molecule has 2 aromatic heterocycles. The number of carbonyl (C=O) groups is 2. The van der Waals surface area contributed by atoms with Gasteiger partial charge in [0.05, 0.1) is 0 Å². The third-order valence-electron chi connectivity index (χ3n) is 3.55. The van der Waals surface area contributed by atoms with Crippen LogP contribution in [0.1, 0.15) is 43.2 Å². The second-order valence-electron chi connectivity index (χ2n) is 5.55. The third-order valence-corrected chi connectivity index (χ3v) is 3.55. The largest absolute Gasteiger partial charge is 0.477 e. The Morgan fingerprint density at radius 2 is 0.893 bits per heavy atom. The minimum atomic E-state index is -1.08. The molecule has 0 aliphatic heterocycles. The zero-order chi connectivity index (χ0) is 19.9. The molecule has 2 heterocycles. The van der Waals surface area contributed by atoms with Crippen LogP contribution in [0.15, 0.2) is 60.9 Å². The Morgan fingerprint density at radius 1 is 0.571 bits per heavy atom. The summed E-state index contributed by atoms with van der Waals surface area (Å²) in [7, 11) is 0. The summed E-state index contributed by atoms with van der Waals surface area (Å²) in [5, 5.41) is 17.6. The molecule has 2 N–H and O–H groups in total. The summed E-state index contributed by atoms with van der Waals surface area (Å²) in [5.41, 5.74) is 2.74. The van der Waals surface area contributed by atoms with Crippen LogP contribution in [0, 0.1) is 23.7 Å². The summed E-state index contributed by atoms with van der Waals surface area (Å²) in [6.45, 7) is 0. The van der Waals surface area contributed by atoms with Gasteiger partial charge < -0.3 is 10.2 Å². The summed E-state index contributed by atoms with van der Waals surface area (Å²) in [6.07, 6.45) is 2.83. The minimum Gasteiger partial charge on any atom is -0.477 e. The van der Waals surface area contributed by atoms with Gasteiger partial charge in [-0.1, -0.05) is 23.7 Å². The predicted molar refractivity (Wildman–Crippen MR) is 101 cm³/mol. The summed E-state index contributed by atoms with van der Waals surface area (Å²) in [6, 6.07) is 13.3. The highest BCUT2D eigenvalue weighted by atomic mass is 16.4. The van der Waals surface area contributed by atoms with Crippen LogP contribution < -0.4 is 0 Å². The first-order chi connectivity index (χ1) is 13.5. The first-order valence-corrected chi connectivity index (χ1v) is 8.04. The lowest BCUT2D eigenvalue weighted by atomic mass is 10.1. The molecule has 0 radical (unpaired) electrons. The number of rotatable bonds is 2. The highest BCUT2D eigenvalue weighted by Crippen LogP contribution is 2.05. The summed E-state index contributed by atoms with van der Waals surface area (Å²) >= 11 is 0. The van der Waals surface area contributed by atoms with Gasteiger partial charge in [-0.3, -0.25) is 0 Å². The van der Waals surface area contributed by atoms with E-state index in [1.165, 1.54) is 24.5 Å². The smallest absolute Gasteiger partial charge is 0.354 e. The van der Waals surface area contributed by atoms with Gasteiger partial charge in [0.15, 0.2) is 0 Å². The van der Waals surface area contributed by atoms with E-state index in [1.54, 1.807) is 12.1 Å². The van der Waals surface area contributed by atoms with E-state index in [0.717, 1.165) is 11.1 Å². The molecule has 0 aliphatic rings. The van der Waals surface area contributed by atoms with E-state index in [4.69, 9.17) is 10.2 Å². The molecule has 3 aromatic rings. The number of pyridine rings is 2. The lowest BCUT2D eigenvalue weighted by Crippen LogP contribution is -1.99. The Morgan fingerprint density at radius 3 is 1.18 bits per heavy atom. The van der Waals surface area contributed by atoms with E-state index in [-0.39, 0.29) is 11.4 Å². The fraction of sp³-hybridized carbons (Fsp3) is 0. The molecule has 3 rings (SSSR count). The Balaban J connectivity index is 1.69. The molecule has 134 valence electrons. The second-order valence-corrected chi connectivity index (χ2v) is 5.55. The normalized spacial score (nSPS) is 9.43. The van der Waals surface area contributed by atoms with Crippen molar-refractivity contribution in [3.63, 3.8) is 0 Å². The number of aromatic carboxylic acids is 2. The first-order valence-electron chi connectivity index (χ1n) is 8.04. The number of nitrogens with zero attached hydrogens (tertiary/aromatic N) is 2. The number of benzene rings is 1. The maximum atomic E-state index is 10.8. The molecule has 6 heteroatoms. The van der Waals surface area contributed by atoms with Crippen LogP contribution in [0.2, 0.25) is 0 Å². The number of aromatic nitrogens is 2. The van der Waals surface area contributed by atoms with Gasteiger partial charge in [-0.05, 0) is 48.5 Å². The lowest BCUT2D eigenvalue weighted by molar-refractivity contribution is 0.0680. The van der Waals surface area contributed by atoms with E-state index in [0.29, 0.717) is 11.1 Å².